The van der Waals surface area contributed by atoms with Crippen molar-refractivity contribution in [3.8, 4) is 5.75 Å². The van der Waals surface area contributed by atoms with E-state index in [9.17, 15) is 9.18 Å². The van der Waals surface area contributed by atoms with Crippen LogP contribution in [0.3, 0.4) is 0 Å². The number of carbonyl (C=O) groups is 1. The van der Waals surface area contributed by atoms with E-state index in [2.05, 4.69) is 0 Å². The Labute approximate surface area is 84.7 Å². The first-order valence-corrected chi connectivity index (χ1v) is 4.36. The first-order valence-electron chi connectivity index (χ1n) is 3.83. The number of halogens is 2. The van der Waals surface area contributed by atoms with Gasteiger partial charge in [0.2, 0.25) is 0 Å². The summed E-state index contributed by atoms with van der Waals surface area (Å²) in [6.07, 6.45) is -1.35. The van der Waals surface area contributed by atoms with E-state index in [1.807, 2.05) is 0 Å². The molecule has 0 aliphatic carbocycles. The fourth-order valence-corrected chi connectivity index (χ4v) is 1.06. The number of alkyl halides is 1. The molecule has 0 heterocycles. The molecule has 0 saturated carbocycles. The van der Waals surface area contributed by atoms with Crippen molar-refractivity contribution in [3.05, 3.63) is 29.6 Å². The molecule has 0 spiro atoms. The average Bonchev–Trinajstić information content (AvgIpc) is 2.20. The van der Waals surface area contributed by atoms with Gasteiger partial charge in [-0.25, -0.2) is 4.39 Å². The fourth-order valence-electron chi connectivity index (χ4n) is 0.923. The number of phenols is 1. The van der Waals surface area contributed by atoms with E-state index in [-0.39, 0.29) is 11.4 Å². The number of aromatic hydroxyl groups is 1. The summed E-state index contributed by atoms with van der Waals surface area (Å²) >= 11 is 5.25. The molecule has 76 valence electrons. The molecule has 0 aliphatic rings. The number of hydrogen-bond donors (Lipinski definition) is 2. The van der Waals surface area contributed by atoms with Gasteiger partial charge in [-0.3, -0.25) is 4.79 Å². The molecule has 1 rings (SSSR count). The topological polar surface area (TPSA) is 57.5 Å². The van der Waals surface area contributed by atoms with Gasteiger partial charge in [0.25, 0.3) is 0 Å². The number of hydrogen-bond acceptors (Lipinski definition) is 3. The van der Waals surface area contributed by atoms with Crippen LogP contribution in [-0.2, 0) is 0 Å². The third kappa shape index (κ3) is 2.21. The second-order valence-electron chi connectivity index (χ2n) is 2.70. The summed E-state index contributed by atoms with van der Waals surface area (Å²) in [6.45, 7) is 0. The van der Waals surface area contributed by atoms with Crippen molar-refractivity contribution in [2.75, 3.05) is 5.88 Å². The van der Waals surface area contributed by atoms with E-state index >= 15 is 0 Å². The maximum absolute atomic E-state index is 12.8. The number of rotatable bonds is 3. The number of aliphatic hydroxyl groups excluding tert-OH is 1. The molecule has 14 heavy (non-hydrogen) atoms. The van der Waals surface area contributed by atoms with E-state index in [4.69, 9.17) is 21.8 Å². The normalized spacial score (nSPS) is 12.5. The van der Waals surface area contributed by atoms with E-state index < -0.39 is 23.5 Å². The van der Waals surface area contributed by atoms with E-state index in [1.54, 1.807) is 0 Å². The lowest BCUT2D eigenvalue weighted by molar-refractivity contribution is 0.0784. The molecular weight excluding hydrogens is 211 g/mol. The van der Waals surface area contributed by atoms with Gasteiger partial charge in [0.05, 0.1) is 5.88 Å². The number of phenolic OH excluding ortho intramolecular Hbond substituents is 1. The molecule has 0 aliphatic heterocycles. The Hall–Kier alpha value is -1.13. The molecule has 2 N–H and O–H groups in total. The summed E-state index contributed by atoms with van der Waals surface area (Å²) in [5.41, 5.74) is -0.0200. The maximum atomic E-state index is 12.8. The summed E-state index contributed by atoms with van der Waals surface area (Å²) in [7, 11) is 0. The van der Waals surface area contributed by atoms with Crippen LogP contribution < -0.4 is 0 Å². The highest BCUT2D eigenvalue weighted by atomic mass is 35.5. The molecule has 0 saturated heterocycles. The van der Waals surface area contributed by atoms with Gasteiger partial charge in [0, 0.05) is 5.56 Å². The summed E-state index contributed by atoms with van der Waals surface area (Å²) in [4.78, 5) is 11.3. The Morgan fingerprint density at radius 2 is 2.21 bits per heavy atom. The number of ketones is 1. The van der Waals surface area contributed by atoms with Crippen LogP contribution in [0.25, 0.3) is 0 Å². The van der Waals surface area contributed by atoms with Crippen molar-refractivity contribution in [2.24, 2.45) is 0 Å². The van der Waals surface area contributed by atoms with Crippen LogP contribution in [0.4, 0.5) is 4.39 Å². The first kappa shape index (κ1) is 10.9. The Kier molecular flexibility index (Phi) is 3.43. The summed E-state index contributed by atoms with van der Waals surface area (Å²) in [5.74, 6) is -2.36. The summed E-state index contributed by atoms with van der Waals surface area (Å²) in [5, 5.41) is 17.9. The van der Waals surface area contributed by atoms with Crippen molar-refractivity contribution < 1.29 is 19.4 Å². The second kappa shape index (κ2) is 4.39. The smallest absolute Gasteiger partial charge is 0.192 e. The Bertz CT molecular complexity index is 354. The molecular formula is C9H8ClFO3. The van der Waals surface area contributed by atoms with Gasteiger partial charge < -0.3 is 10.2 Å². The van der Waals surface area contributed by atoms with Crippen molar-refractivity contribution in [1.29, 1.82) is 0 Å². The lowest BCUT2D eigenvalue weighted by Gasteiger charge is -2.05. The van der Waals surface area contributed by atoms with Gasteiger partial charge in [0.1, 0.15) is 6.10 Å². The summed E-state index contributed by atoms with van der Waals surface area (Å²) < 4.78 is 12.8. The SMILES string of the molecule is O=C(c1ccc(O)c(F)c1)C(O)CCl. The predicted molar refractivity (Wildman–Crippen MR) is 49.1 cm³/mol. The zero-order chi connectivity index (χ0) is 10.7. The van der Waals surface area contributed by atoms with Crippen LogP contribution in [0, 0.1) is 5.82 Å². The minimum Gasteiger partial charge on any atom is -0.505 e. The number of benzene rings is 1. The zero-order valence-electron chi connectivity index (χ0n) is 7.08. The minimum absolute atomic E-state index is 0.0200. The Morgan fingerprint density at radius 1 is 1.57 bits per heavy atom. The van der Waals surface area contributed by atoms with Crippen LogP contribution in [-0.4, -0.2) is 28.0 Å². The van der Waals surface area contributed by atoms with Crippen LogP contribution in [0.2, 0.25) is 0 Å². The molecule has 0 aromatic heterocycles. The minimum atomic E-state index is -1.35. The van der Waals surface area contributed by atoms with E-state index in [0.29, 0.717) is 0 Å². The van der Waals surface area contributed by atoms with Crippen LogP contribution in [0.15, 0.2) is 18.2 Å². The van der Waals surface area contributed by atoms with Crippen LogP contribution in [0.1, 0.15) is 10.4 Å². The highest BCUT2D eigenvalue weighted by Crippen LogP contribution is 2.17. The third-order valence-corrected chi connectivity index (χ3v) is 1.97. The van der Waals surface area contributed by atoms with Gasteiger partial charge in [0.15, 0.2) is 17.3 Å². The standard InChI is InChI=1S/C9H8ClFO3/c10-4-8(13)9(14)5-1-2-7(12)6(11)3-5/h1-3,8,12-13H,4H2. The molecule has 0 bridgehead atoms. The summed E-state index contributed by atoms with van der Waals surface area (Å²) in [6, 6.07) is 3.12. The fraction of sp³-hybridized carbons (Fsp3) is 0.222. The molecule has 0 radical (unpaired) electrons. The number of aliphatic hydroxyl groups is 1. The average molecular weight is 219 g/mol. The van der Waals surface area contributed by atoms with Crippen molar-refractivity contribution >= 4 is 17.4 Å². The highest BCUT2D eigenvalue weighted by Gasteiger charge is 2.17. The van der Waals surface area contributed by atoms with E-state index in [1.165, 1.54) is 6.07 Å². The molecule has 1 unspecified atom stereocenters. The molecule has 0 amide bonds. The van der Waals surface area contributed by atoms with Crippen molar-refractivity contribution in [3.63, 3.8) is 0 Å². The Morgan fingerprint density at radius 3 is 2.71 bits per heavy atom. The van der Waals surface area contributed by atoms with Crippen molar-refractivity contribution in [2.45, 2.75) is 6.10 Å². The molecule has 5 heteroatoms. The zero-order valence-corrected chi connectivity index (χ0v) is 7.83. The van der Waals surface area contributed by atoms with Crippen molar-refractivity contribution in [1.82, 2.24) is 0 Å². The lowest BCUT2D eigenvalue weighted by Crippen LogP contribution is -2.22. The quantitative estimate of drug-likeness (QED) is 0.594. The molecule has 0 fully saturated rings. The van der Waals surface area contributed by atoms with Gasteiger partial charge in [-0.15, -0.1) is 11.6 Å². The van der Waals surface area contributed by atoms with Gasteiger partial charge in [-0.05, 0) is 18.2 Å². The molecule has 1 aromatic rings. The maximum Gasteiger partial charge on any atom is 0.192 e. The molecule has 3 nitrogen and oxygen atoms in total. The number of Topliss-reactive ketones (excluding diaryl/α,β-unsaturated/α-hetero) is 1. The van der Waals surface area contributed by atoms with Gasteiger partial charge in [-0.2, -0.15) is 0 Å². The largest absolute Gasteiger partial charge is 0.505 e. The number of carbonyl (C=O) groups excluding carboxylic acids is 1. The van der Waals surface area contributed by atoms with E-state index in [0.717, 1.165) is 12.1 Å². The lowest BCUT2D eigenvalue weighted by atomic mass is 10.1. The third-order valence-electron chi connectivity index (χ3n) is 1.68. The van der Waals surface area contributed by atoms with Crippen LogP contribution >= 0.6 is 11.6 Å². The van der Waals surface area contributed by atoms with Crippen LogP contribution in [0.5, 0.6) is 5.75 Å². The second-order valence-corrected chi connectivity index (χ2v) is 3.01. The Balaban J connectivity index is 2.97. The van der Waals surface area contributed by atoms with Gasteiger partial charge >= 0.3 is 0 Å². The highest BCUT2D eigenvalue weighted by molar-refractivity contribution is 6.20. The predicted octanol–water partition coefficient (Wildman–Crippen LogP) is 1.31. The monoisotopic (exact) mass is 218 g/mol. The first-order chi connectivity index (χ1) is 6.56. The molecule has 1 aromatic carbocycles. The van der Waals surface area contributed by atoms with Gasteiger partial charge in [-0.1, -0.05) is 0 Å². The molecule has 1 atom stereocenters.